The van der Waals surface area contributed by atoms with Gasteiger partial charge in [-0.25, -0.2) is 4.68 Å². The molecule has 0 radical (unpaired) electrons. The molecule has 1 aromatic heterocycles. The van der Waals surface area contributed by atoms with E-state index in [1.807, 2.05) is 6.07 Å². The number of rotatable bonds is 5. The predicted octanol–water partition coefficient (Wildman–Crippen LogP) is 1.21. The van der Waals surface area contributed by atoms with Gasteiger partial charge in [-0.05, 0) is 12.1 Å². The Morgan fingerprint density at radius 2 is 2.33 bits per heavy atom. The minimum Gasteiger partial charge on any atom is -0.494 e. The van der Waals surface area contributed by atoms with Gasteiger partial charge in [0.05, 0.1) is 30.5 Å². The summed E-state index contributed by atoms with van der Waals surface area (Å²) in [5.74, 6) is -0.218. The van der Waals surface area contributed by atoms with E-state index in [1.54, 1.807) is 12.1 Å². The first-order valence-corrected chi connectivity index (χ1v) is 5.83. The van der Waals surface area contributed by atoms with Crippen LogP contribution in [0.4, 0.5) is 0 Å². The molecule has 8 heteroatoms. The Bertz CT molecular complexity index is 745. The van der Waals surface area contributed by atoms with Gasteiger partial charge in [0.1, 0.15) is 11.4 Å². The molecule has 0 spiro atoms. The highest BCUT2D eigenvalue weighted by Crippen LogP contribution is 2.23. The molecule has 106 valence electrons. The molecular formula is C13H10N4O4. The lowest BCUT2D eigenvalue weighted by molar-refractivity contribution is -0.465. The molecule has 2 rings (SSSR count). The topological polar surface area (TPSA) is 111 Å². The standard InChI is InChI=1S/C13H10N4O4/c1-21-13-4-9(5-14)2-3-11(13)16-7-10(6-15-16)12(18)8-17(19)20/h2-4,6-7H,8H2,1H3. The quantitative estimate of drug-likeness (QED) is 0.464. The number of carbonyl (C=O) groups excluding carboxylic acids is 1. The first-order chi connectivity index (χ1) is 10.0. The van der Waals surface area contributed by atoms with E-state index >= 15 is 0 Å². The van der Waals surface area contributed by atoms with Crippen molar-refractivity contribution in [3.8, 4) is 17.5 Å². The van der Waals surface area contributed by atoms with E-state index in [4.69, 9.17) is 10.00 Å². The molecule has 0 fully saturated rings. The first kappa shape index (κ1) is 14.2. The van der Waals surface area contributed by atoms with Crippen molar-refractivity contribution in [2.24, 2.45) is 0 Å². The Morgan fingerprint density at radius 3 is 2.95 bits per heavy atom. The van der Waals surface area contributed by atoms with E-state index in [1.165, 1.54) is 30.3 Å². The van der Waals surface area contributed by atoms with Crippen LogP contribution < -0.4 is 4.74 Å². The molecule has 0 saturated heterocycles. The van der Waals surface area contributed by atoms with Gasteiger partial charge in [-0.3, -0.25) is 14.9 Å². The Morgan fingerprint density at radius 1 is 1.57 bits per heavy atom. The Hall–Kier alpha value is -3.21. The highest BCUT2D eigenvalue weighted by Gasteiger charge is 2.16. The number of carbonyl (C=O) groups is 1. The van der Waals surface area contributed by atoms with Crippen LogP contribution in [0.5, 0.6) is 5.75 Å². The lowest BCUT2D eigenvalue weighted by atomic mass is 10.2. The molecule has 2 aromatic rings. The zero-order chi connectivity index (χ0) is 15.4. The summed E-state index contributed by atoms with van der Waals surface area (Å²) in [4.78, 5) is 21.2. The van der Waals surface area contributed by atoms with Crippen molar-refractivity contribution in [1.82, 2.24) is 9.78 Å². The number of benzene rings is 1. The van der Waals surface area contributed by atoms with Crippen LogP contribution in [0, 0.1) is 21.4 Å². The number of hydrogen-bond donors (Lipinski definition) is 0. The number of nitriles is 1. The van der Waals surface area contributed by atoms with Crippen LogP contribution in [-0.2, 0) is 0 Å². The van der Waals surface area contributed by atoms with Crippen molar-refractivity contribution in [1.29, 1.82) is 5.26 Å². The van der Waals surface area contributed by atoms with Crippen LogP contribution >= 0.6 is 0 Å². The summed E-state index contributed by atoms with van der Waals surface area (Å²) in [6.45, 7) is -0.782. The monoisotopic (exact) mass is 286 g/mol. The van der Waals surface area contributed by atoms with Crippen molar-refractivity contribution >= 4 is 5.78 Å². The molecule has 0 aliphatic carbocycles. The highest BCUT2D eigenvalue weighted by molar-refractivity contribution is 5.96. The zero-order valence-electron chi connectivity index (χ0n) is 11.0. The van der Waals surface area contributed by atoms with Crippen LogP contribution in [0.3, 0.4) is 0 Å². The lowest BCUT2D eigenvalue weighted by Crippen LogP contribution is -2.13. The van der Waals surface area contributed by atoms with E-state index in [2.05, 4.69) is 5.10 Å². The second-order valence-corrected chi connectivity index (χ2v) is 4.09. The van der Waals surface area contributed by atoms with Gasteiger partial charge in [0.2, 0.25) is 5.78 Å². The third-order valence-electron chi connectivity index (χ3n) is 2.73. The summed E-state index contributed by atoms with van der Waals surface area (Å²) in [6.07, 6.45) is 2.64. The third-order valence-corrected chi connectivity index (χ3v) is 2.73. The number of methoxy groups -OCH3 is 1. The first-order valence-electron chi connectivity index (χ1n) is 5.83. The molecular weight excluding hydrogens is 276 g/mol. The van der Waals surface area contributed by atoms with Crippen molar-refractivity contribution in [2.75, 3.05) is 13.7 Å². The molecule has 0 atom stereocenters. The largest absolute Gasteiger partial charge is 0.494 e. The molecule has 1 heterocycles. The summed E-state index contributed by atoms with van der Waals surface area (Å²) in [5.41, 5.74) is 1.09. The van der Waals surface area contributed by atoms with Gasteiger partial charge in [0.15, 0.2) is 0 Å². The highest BCUT2D eigenvalue weighted by atomic mass is 16.6. The van der Waals surface area contributed by atoms with Crippen LogP contribution in [-0.4, -0.2) is 34.1 Å². The third kappa shape index (κ3) is 3.03. The fourth-order valence-corrected chi connectivity index (χ4v) is 1.74. The molecule has 0 aliphatic heterocycles. The maximum atomic E-state index is 11.6. The summed E-state index contributed by atoms with van der Waals surface area (Å²) < 4.78 is 6.54. The van der Waals surface area contributed by atoms with Gasteiger partial charge in [-0.1, -0.05) is 0 Å². The summed E-state index contributed by atoms with van der Waals surface area (Å²) in [5, 5.41) is 23.2. The molecule has 0 amide bonds. The molecule has 1 aromatic carbocycles. The van der Waals surface area contributed by atoms with Gasteiger partial charge in [0.25, 0.3) is 6.54 Å². The van der Waals surface area contributed by atoms with Gasteiger partial charge >= 0.3 is 0 Å². The molecule has 0 unspecified atom stereocenters. The molecule has 0 aliphatic rings. The fraction of sp³-hybridized carbons (Fsp3) is 0.154. The molecule has 0 saturated carbocycles. The molecule has 0 bridgehead atoms. The second kappa shape index (κ2) is 5.83. The van der Waals surface area contributed by atoms with Crippen LogP contribution in [0.25, 0.3) is 5.69 Å². The number of Topliss-reactive ketones (excluding diaryl/α,β-unsaturated/α-hetero) is 1. The van der Waals surface area contributed by atoms with E-state index < -0.39 is 17.3 Å². The zero-order valence-corrected chi connectivity index (χ0v) is 11.0. The summed E-state index contributed by atoms with van der Waals surface area (Å²) in [7, 11) is 1.45. The number of hydrogen-bond acceptors (Lipinski definition) is 6. The fourth-order valence-electron chi connectivity index (χ4n) is 1.74. The average Bonchev–Trinajstić information content (AvgIpc) is 2.95. The van der Waals surface area contributed by atoms with E-state index in [0.29, 0.717) is 17.0 Å². The SMILES string of the molecule is COc1cc(C#N)ccc1-n1cc(C(=O)C[N+](=O)[O-])cn1. The van der Waals surface area contributed by atoms with Crippen molar-refractivity contribution in [3.63, 3.8) is 0 Å². The average molecular weight is 286 g/mol. The predicted molar refractivity (Wildman–Crippen MR) is 71.0 cm³/mol. The van der Waals surface area contributed by atoms with Crippen LogP contribution in [0.15, 0.2) is 30.6 Å². The number of ether oxygens (including phenoxy) is 1. The van der Waals surface area contributed by atoms with E-state index in [0.717, 1.165) is 0 Å². The van der Waals surface area contributed by atoms with E-state index in [9.17, 15) is 14.9 Å². The van der Waals surface area contributed by atoms with E-state index in [-0.39, 0.29) is 5.56 Å². The van der Waals surface area contributed by atoms with Gasteiger partial charge in [0, 0.05) is 17.2 Å². The maximum absolute atomic E-state index is 11.6. The summed E-state index contributed by atoms with van der Waals surface area (Å²) in [6, 6.07) is 6.72. The lowest BCUT2D eigenvalue weighted by Gasteiger charge is -2.08. The number of ketones is 1. The maximum Gasteiger partial charge on any atom is 0.265 e. The van der Waals surface area contributed by atoms with Crippen LogP contribution in [0.2, 0.25) is 0 Å². The Kier molecular flexibility index (Phi) is 3.95. The Labute approximate surface area is 119 Å². The molecule has 8 nitrogen and oxygen atoms in total. The van der Waals surface area contributed by atoms with Crippen molar-refractivity contribution in [3.05, 3.63) is 51.8 Å². The van der Waals surface area contributed by atoms with Gasteiger partial charge < -0.3 is 4.74 Å². The second-order valence-electron chi connectivity index (χ2n) is 4.09. The van der Waals surface area contributed by atoms with Crippen LogP contribution in [0.1, 0.15) is 15.9 Å². The number of nitrogens with zero attached hydrogens (tertiary/aromatic N) is 4. The molecule has 21 heavy (non-hydrogen) atoms. The smallest absolute Gasteiger partial charge is 0.265 e. The van der Waals surface area contributed by atoms with Gasteiger partial charge in [-0.15, -0.1) is 0 Å². The number of aromatic nitrogens is 2. The minimum atomic E-state index is -0.782. The summed E-state index contributed by atoms with van der Waals surface area (Å²) >= 11 is 0. The van der Waals surface area contributed by atoms with Crippen molar-refractivity contribution in [2.45, 2.75) is 0 Å². The van der Waals surface area contributed by atoms with Gasteiger partial charge in [-0.2, -0.15) is 10.4 Å². The normalized spacial score (nSPS) is 9.90. The van der Waals surface area contributed by atoms with Crippen molar-refractivity contribution < 1.29 is 14.5 Å². The minimum absolute atomic E-state index is 0.137. The Balaban J connectivity index is 2.36. The molecule has 0 N–H and O–H groups in total. The number of nitro groups is 1.